The lowest BCUT2D eigenvalue weighted by Crippen LogP contribution is -2.09. The largest absolute Gasteiger partial charge is 0.507 e. The Labute approximate surface area is 163 Å². The molecule has 0 radical (unpaired) electrons. The number of phenolic OH excluding ortho intramolecular Hbond substituents is 1. The average Bonchev–Trinajstić information content (AvgIpc) is 3.31. The lowest BCUT2D eigenvalue weighted by molar-refractivity contribution is 0.0446. The molecular weight excluding hydrogens is 366 g/mol. The van der Waals surface area contributed by atoms with E-state index >= 15 is 0 Å². The number of aromatic nitrogens is 2. The van der Waals surface area contributed by atoms with Crippen molar-refractivity contribution in [1.82, 2.24) is 10.2 Å². The Kier molecular flexibility index (Phi) is 4.97. The number of halogens is 1. The first-order valence-electron chi connectivity index (χ1n) is 9.46. The van der Waals surface area contributed by atoms with Gasteiger partial charge in [-0.1, -0.05) is 30.9 Å². The number of nitrogen functional groups attached to an aromatic ring is 1. The number of phenols is 1. The number of fused-ring (bicyclic) bond motifs is 2. The van der Waals surface area contributed by atoms with E-state index in [4.69, 9.17) is 27.2 Å². The summed E-state index contributed by atoms with van der Waals surface area (Å²) in [7, 11) is 0. The third-order valence-electron chi connectivity index (χ3n) is 5.54. The summed E-state index contributed by atoms with van der Waals surface area (Å²) in [6.07, 6.45) is 7.84. The van der Waals surface area contributed by atoms with Crippen LogP contribution >= 0.6 is 11.6 Å². The Bertz CT molecular complexity index is 849. The molecule has 0 unspecified atom stereocenters. The van der Waals surface area contributed by atoms with Gasteiger partial charge in [-0.05, 0) is 43.9 Å². The SMILES string of the molecule is Nc1nnc(-c2ccc(Cl)cc2O)c2c1C1(CC1)OC2.OC1CCCCC1. The fourth-order valence-electron chi connectivity index (χ4n) is 3.93. The van der Waals surface area contributed by atoms with Crippen molar-refractivity contribution in [2.45, 2.75) is 63.3 Å². The first-order chi connectivity index (χ1) is 13.0. The van der Waals surface area contributed by atoms with Crippen LogP contribution in [-0.2, 0) is 16.9 Å². The predicted molar refractivity (Wildman–Crippen MR) is 103 cm³/mol. The van der Waals surface area contributed by atoms with Gasteiger partial charge in [-0.25, -0.2) is 0 Å². The Balaban J connectivity index is 0.000000218. The molecule has 7 heteroatoms. The van der Waals surface area contributed by atoms with Gasteiger partial charge in [0.05, 0.1) is 18.3 Å². The van der Waals surface area contributed by atoms with E-state index in [9.17, 15) is 5.11 Å². The molecule has 2 aromatic rings. The van der Waals surface area contributed by atoms with Crippen LogP contribution in [0.5, 0.6) is 5.75 Å². The molecule has 1 aromatic heterocycles. The molecular formula is C20H24ClN3O3. The lowest BCUT2D eigenvalue weighted by Gasteiger charge is -2.14. The van der Waals surface area contributed by atoms with Crippen LogP contribution in [-0.4, -0.2) is 26.5 Å². The molecule has 0 bridgehead atoms. The van der Waals surface area contributed by atoms with Gasteiger partial charge in [-0.3, -0.25) is 0 Å². The fourth-order valence-corrected chi connectivity index (χ4v) is 4.10. The second-order valence-electron chi connectivity index (χ2n) is 7.52. The highest BCUT2D eigenvalue weighted by molar-refractivity contribution is 6.30. The molecule has 2 fully saturated rings. The first kappa shape index (κ1) is 18.5. The average molecular weight is 390 g/mol. The molecule has 2 aliphatic carbocycles. The van der Waals surface area contributed by atoms with Crippen molar-refractivity contribution in [2.75, 3.05) is 5.73 Å². The summed E-state index contributed by atoms with van der Waals surface area (Å²) in [6.45, 7) is 0.451. The zero-order chi connectivity index (χ0) is 19.0. The normalized spacial score (nSPS) is 20.1. The number of aliphatic hydroxyl groups excluding tert-OH is 1. The number of hydrogen-bond donors (Lipinski definition) is 3. The molecule has 0 amide bonds. The van der Waals surface area contributed by atoms with Crippen LogP contribution in [0.25, 0.3) is 11.3 Å². The molecule has 4 N–H and O–H groups in total. The van der Waals surface area contributed by atoms with E-state index in [-0.39, 0.29) is 17.5 Å². The smallest absolute Gasteiger partial charge is 0.152 e. The van der Waals surface area contributed by atoms with Gasteiger partial charge >= 0.3 is 0 Å². The summed E-state index contributed by atoms with van der Waals surface area (Å²) in [4.78, 5) is 0. The van der Waals surface area contributed by atoms with Crippen LogP contribution in [0.2, 0.25) is 5.02 Å². The van der Waals surface area contributed by atoms with Crippen LogP contribution in [0.4, 0.5) is 5.82 Å². The Hall–Kier alpha value is -1.89. The van der Waals surface area contributed by atoms with E-state index in [0.29, 0.717) is 28.7 Å². The minimum absolute atomic E-state index is 0.0359. The van der Waals surface area contributed by atoms with E-state index in [0.717, 1.165) is 36.8 Å². The second-order valence-corrected chi connectivity index (χ2v) is 7.96. The van der Waals surface area contributed by atoms with Gasteiger partial charge in [0, 0.05) is 21.7 Å². The molecule has 144 valence electrons. The number of aromatic hydroxyl groups is 1. The highest BCUT2D eigenvalue weighted by atomic mass is 35.5. The number of aliphatic hydroxyl groups is 1. The maximum atomic E-state index is 10.1. The summed E-state index contributed by atoms with van der Waals surface area (Å²) >= 11 is 5.86. The Morgan fingerprint density at radius 3 is 2.48 bits per heavy atom. The molecule has 27 heavy (non-hydrogen) atoms. The third-order valence-corrected chi connectivity index (χ3v) is 5.78. The third kappa shape index (κ3) is 3.61. The number of anilines is 1. The maximum absolute atomic E-state index is 10.1. The van der Waals surface area contributed by atoms with E-state index in [1.54, 1.807) is 12.1 Å². The molecule has 2 heterocycles. The number of nitrogens with two attached hydrogens (primary N) is 1. The second kappa shape index (κ2) is 7.26. The highest BCUT2D eigenvalue weighted by Crippen LogP contribution is 2.57. The number of ether oxygens (including phenoxy) is 1. The number of benzene rings is 1. The van der Waals surface area contributed by atoms with E-state index < -0.39 is 0 Å². The van der Waals surface area contributed by atoms with Gasteiger partial charge in [0.15, 0.2) is 5.82 Å². The first-order valence-corrected chi connectivity index (χ1v) is 9.84. The van der Waals surface area contributed by atoms with Crippen LogP contribution in [0.1, 0.15) is 56.1 Å². The van der Waals surface area contributed by atoms with Crippen LogP contribution in [0.3, 0.4) is 0 Å². The molecule has 6 nitrogen and oxygen atoms in total. The molecule has 0 saturated heterocycles. The summed E-state index contributed by atoms with van der Waals surface area (Å²) in [6, 6.07) is 4.93. The summed E-state index contributed by atoms with van der Waals surface area (Å²) < 4.78 is 5.86. The number of nitrogens with zero attached hydrogens (tertiary/aromatic N) is 2. The molecule has 2 saturated carbocycles. The summed E-state index contributed by atoms with van der Waals surface area (Å²) in [5.74, 6) is 0.503. The van der Waals surface area contributed by atoms with Crippen molar-refractivity contribution in [2.24, 2.45) is 0 Å². The van der Waals surface area contributed by atoms with Gasteiger partial charge in [-0.15, -0.1) is 10.2 Å². The van der Waals surface area contributed by atoms with E-state index in [1.807, 2.05) is 0 Å². The monoisotopic (exact) mass is 389 g/mol. The number of rotatable bonds is 1. The standard InChI is InChI=1S/C14H12ClN3O2.C6H12O/c15-7-1-2-8(10(19)5-7)12-9-6-20-14(3-4-14)11(9)13(16)18-17-12;7-6-4-2-1-3-5-6/h1-2,5,19H,3-4,6H2,(H2,16,18);6-7H,1-5H2. The van der Waals surface area contributed by atoms with Crippen LogP contribution < -0.4 is 5.73 Å². The number of hydrogen-bond acceptors (Lipinski definition) is 6. The van der Waals surface area contributed by atoms with Crippen LogP contribution in [0, 0.1) is 0 Å². The van der Waals surface area contributed by atoms with Crippen molar-refractivity contribution in [1.29, 1.82) is 0 Å². The molecule has 1 aromatic carbocycles. The topological polar surface area (TPSA) is 101 Å². The zero-order valence-electron chi connectivity index (χ0n) is 15.1. The van der Waals surface area contributed by atoms with Crippen molar-refractivity contribution in [3.63, 3.8) is 0 Å². The van der Waals surface area contributed by atoms with Gasteiger partial charge in [0.1, 0.15) is 11.4 Å². The van der Waals surface area contributed by atoms with Crippen molar-refractivity contribution < 1.29 is 14.9 Å². The molecule has 5 rings (SSSR count). The molecule has 0 atom stereocenters. The highest BCUT2D eigenvalue weighted by Gasteiger charge is 2.53. The lowest BCUT2D eigenvalue weighted by atomic mass is 9.98. The predicted octanol–water partition coefficient (Wildman–Crippen LogP) is 3.92. The summed E-state index contributed by atoms with van der Waals surface area (Å²) in [5.41, 5.74) is 8.78. The summed E-state index contributed by atoms with van der Waals surface area (Å²) in [5, 5.41) is 27.6. The Morgan fingerprint density at radius 1 is 1.15 bits per heavy atom. The minimum atomic E-state index is -0.258. The van der Waals surface area contributed by atoms with Gasteiger partial charge in [-0.2, -0.15) is 0 Å². The zero-order valence-corrected chi connectivity index (χ0v) is 15.9. The minimum Gasteiger partial charge on any atom is -0.507 e. The van der Waals surface area contributed by atoms with Crippen LogP contribution in [0.15, 0.2) is 18.2 Å². The Morgan fingerprint density at radius 2 is 1.89 bits per heavy atom. The molecule has 3 aliphatic rings. The van der Waals surface area contributed by atoms with Gasteiger partial charge in [0.2, 0.25) is 0 Å². The van der Waals surface area contributed by atoms with E-state index in [2.05, 4.69) is 10.2 Å². The quantitative estimate of drug-likeness (QED) is 0.683. The van der Waals surface area contributed by atoms with Gasteiger partial charge < -0.3 is 20.7 Å². The van der Waals surface area contributed by atoms with Crippen molar-refractivity contribution >= 4 is 17.4 Å². The maximum Gasteiger partial charge on any atom is 0.152 e. The van der Waals surface area contributed by atoms with E-state index in [1.165, 1.54) is 25.3 Å². The molecule has 1 aliphatic heterocycles. The van der Waals surface area contributed by atoms with Crippen molar-refractivity contribution in [3.05, 3.63) is 34.3 Å². The van der Waals surface area contributed by atoms with Crippen molar-refractivity contribution in [3.8, 4) is 17.0 Å². The fraction of sp³-hybridized carbons (Fsp3) is 0.500. The molecule has 1 spiro atoms. The van der Waals surface area contributed by atoms with Gasteiger partial charge in [0.25, 0.3) is 0 Å².